The summed E-state index contributed by atoms with van der Waals surface area (Å²) in [6.45, 7) is 0.254. The first kappa shape index (κ1) is 21.6. The van der Waals surface area contributed by atoms with E-state index >= 15 is 0 Å². The third kappa shape index (κ3) is 4.70. The molecule has 2 N–H and O–H groups in total. The van der Waals surface area contributed by atoms with Crippen LogP contribution in [0.25, 0.3) is 22.0 Å². The van der Waals surface area contributed by atoms with Crippen LogP contribution in [0.5, 0.6) is 0 Å². The van der Waals surface area contributed by atoms with E-state index in [4.69, 9.17) is 10.4 Å². The number of aliphatic carboxylic acids is 1. The zero-order chi connectivity index (χ0) is 23.4. The molecule has 9 heteroatoms. The lowest BCUT2D eigenvalue weighted by Gasteiger charge is -2.12. The van der Waals surface area contributed by atoms with Gasteiger partial charge in [-0.15, -0.1) is 0 Å². The number of aromatic nitrogens is 3. The van der Waals surface area contributed by atoms with E-state index < -0.39 is 11.9 Å². The number of carboxylic acid groups (broad SMARTS) is 1. The van der Waals surface area contributed by atoms with E-state index in [1.165, 1.54) is 16.8 Å². The number of carbonyl (C=O) groups is 1. The van der Waals surface area contributed by atoms with Gasteiger partial charge in [0.25, 0.3) is 5.56 Å². The van der Waals surface area contributed by atoms with Crippen molar-refractivity contribution in [2.24, 2.45) is 0 Å². The molecule has 2 heterocycles. The van der Waals surface area contributed by atoms with Crippen LogP contribution < -0.4 is 10.9 Å². The van der Waals surface area contributed by atoms with Crippen molar-refractivity contribution in [3.05, 3.63) is 88.1 Å². The van der Waals surface area contributed by atoms with E-state index in [-0.39, 0.29) is 42.1 Å². The number of benzene rings is 2. The van der Waals surface area contributed by atoms with Crippen molar-refractivity contribution >= 4 is 22.6 Å². The van der Waals surface area contributed by atoms with Crippen LogP contribution in [0, 0.1) is 17.3 Å². The average molecular weight is 443 g/mol. The summed E-state index contributed by atoms with van der Waals surface area (Å²) in [5.41, 5.74) is 1.33. The molecule has 0 radical (unpaired) electrons. The fourth-order valence-corrected chi connectivity index (χ4v) is 3.41. The van der Waals surface area contributed by atoms with Gasteiger partial charge in [-0.25, -0.2) is 9.67 Å². The number of pyridine rings is 1. The van der Waals surface area contributed by atoms with Crippen LogP contribution in [0.1, 0.15) is 17.5 Å². The monoisotopic (exact) mass is 443 g/mol. The Hall–Kier alpha value is -4.58. The fraction of sp³-hybridized carbons (Fsp3) is 0.125. The Bertz CT molecular complexity index is 1440. The van der Waals surface area contributed by atoms with Gasteiger partial charge in [0.1, 0.15) is 11.5 Å². The van der Waals surface area contributed by atoms with E-state index in [1.54, 1.807) is 48.5 Å². The average Bonchev–Trinajstić information content (AvgIpc) is 2.82. The van der Waals surface area contributed by atoms with Crippen molar-refractivity contribution in [3.8, 4) is 17.3 Å². The molecule has 0 fully saturated rings. The van der Waals surface area contributed by atoms with E-state index in [0.717, 1.165) is 5.56 Å². The predicted octanol–water partition coefficient (Wildman–Crippen LogP) is 3.40. The molecule has 0 aliphatic carbocycles. The normalized spacial score (nSPS) is 10.7. The Kier molecular flexibility index (Phi) is 6.09. The number of hydrogen-bond acceptors (Lipinski definition) is 6. The lowest BCUT2D eigenvalue weighted by atomic mass is 10.1. The lowest BCUT2D eigenvalue weighted by molar-refractivity contribution is -0.136. The van der Waals surface area contributed by atoms with Crippen LogP contribution in [0.15, 0.2) is 65.5 Å². The second kappa shape index (κ2) is 9.28. The summed E-state index contributed by atoms with van der Waals surface area (Å²) in [6.07, 6.45) is -0.127. The maximum atomic E-state index is 15.0. The molecule has 0 spiro atoms. The van der Waals surface area contributed by atoms with Gasteiger partial charge in [-0.3, -0.25) is 9.59 Å². The van der Waals surface area contributed by atoms with Crippen molar-refractivity contribution in [1.82, 2.24) is 14.8 Å². The number of nitrogens with zero attached hydrogens (tertiary/aromatic N) is 4. The van der Waals surface area contributed by atoms with Crippen LogP contribution in [0.2, 0.25) is 0 Å². The Morgan fingerprint density at radius 1 is 1.09 bits per heavy atom. The molecule has 164 valence electrons. The minimum atomic E-state index is -0.972. The highest BCUT2D eigenvalue weighted by Crippen LogP contribution is 2.27. The fourth-order valence-electron chi connectivity index (χ4n) is 3.41. The highest BCUT2D eigenvalue weighted by atomic mass is 19.1. The van der Waals surface area contributed by atoms with Crippen LogP contribution >= 0.6 is 0 Å². The Balaban J connectivity index is 1.75. The zero-order valence-electron chi connectivity index (χ0n) is 17.3. The molecule has 0 atom stereocenters. The molecule has 0 unspecified atom stereocenters. The molecule has 0 aliphatic rings. The van der Waals surface area contributed by atoms with Crippen LogP contribution in [0.4, 0.5) is 10.2 Å². The summed E-state index contributed by atoms with van der Waals surface area (Å²) >= 11 is 0. The second-order valence-electron chi connectivity index (χ2n) is 7.27. The van der Waals surface area contributed by atoms with Crippen molar-refractivity contribution in [2.75, 3.05) is 11.9 Å². The third-order valence-electron chi connectivity index (χ3n) is 5.03. The zero-order valence-corrected chi connectivity index (χ0v) is 17.3. The first-order valence-electron chi connectivity index (χ1n) is 10.1. The molecule has 2 aromatic carbocycles. The molecule has 8 nitrogen and oxygen atoms in total. The number of rotatable bonds is 7. The highest BCUT2D eigenvalue weighted by Gasteiger charge is 2.17. The molecule has 0 amide bonds. The minimum Gasteiger partial charge on any atom is -0.481 e. The summed E-state index contributed by atoms with van der Waals surface area (Å²) in [5.74, 6) is -1.57. The molecule has 33 heavy (non-hydrogen) atoms. The number of carboxylic acids is 1. The van der Waals surface area contributed by atoms with Gasteiger partial charge in [-0.1, -0.05) is 30.3 Å². The summed E-state index contributed by atoms with van der Waals surface area (Å²) in [5, 5.41) is 25.8. The smallest absolute Gasteiger partial charge is 0.305 e. The van der Waals surface area contributed by atoms with Crippen LogP contribution in [0.3, 0.4) is 0 Å². The van der Waals surface area contributed by atoms with Crippen molar-refractivity contribution in [2.45, 2.75) is 13.0 Å². The van der Waals surface area contributed by atoms with Gasteiger partial charge < -0.3 is 10.4 Å². The van der Waals surface area contributed by atoms with Crippen molar-refractivity contribution < 1.29 is 14.3 Å². The van der Waals surface area contributed by atoms with Gasteiger partial charge in [-0.2, -0.15) is 14.8 Å². The van der Waals surface area contributed by atoms with Crippen molar-refractivity contribution in [1.29, 1.82) is 5.26 Å². The van der Waals surface area contributed by atoms with E-state index in [0.29, 0.717) is 16.3 Å². The number of hydrogen-bond donors (Lipinski definition) is 2. The Morgan fingerprint density at radius 2 is 1.82 bits per heavy atom. The molecular formula is C24H18FN5O3. The number of anilines is 1. The van der Waals surface area contributed by atoms with Gasteiger partial charge in [0.15, 0.2) is 0 Å². The molecule has 4 aromatic rings. The van der Waals surface area contributed by atoms with E-state index in [2.05, 4.69) is 15.4 Å². The van der Waals surface area contributed by atoms with Gasteiger partial charge in [0.2, 0.25) is 5.95 Å². The van der Waals surface area contributed by atoms with E-state index in [9.17, 15) is 14.0 Å². The van der Waals surface area contributed by atoms with Gasteiger partial charge >= 0.3 is 5.97 Å². The van der Waals surface area contributed by atoms with E-state index in [1.807, 2.05) is 6.07 Å². The van der Waals surface area contributed by atoms with Gasteiger partial charge in [0, 0.05) is 11.9 Å². The number of nitrogens with one attached hydrogen (secondary N) is 1. The lowest BCUT2D eigenvalue weighted by Crippen LogP contribution is -2.24. The molecule has 0 saturated carbocycles. The molecule has 0 aliphatic heterocycles. The van der Waals surface area contributed by atoms with Crippen LogP contribution in [-0.4, -0.2) is 32.4 Å². The molecule has 2 aromatic heterocycles. The molecule has 0 saturated heterocycles. The highest BCUT2D eigenvalue weighted by molar-refractivity contribution is 5.93. The van der Waals surface area contributed by atoms with Gasteiger partial charge in [0.05, 0.1) is 35.5 Å². The maximum Gasteiger partial charge on any atom is 0.305 e. The van der Waals surface area contributed by atoms with Crippen LogP contribution in [-0.2, 0) is 11.3 Å². The summed E-state index contributed by atoms with van der Waals surface area (Å²) in [6, 6.07) is 18.7. The third-order valence-corrected chi connectivity index (χ3v) is 5.03. The Labute approximate surface area is 187 Å². The molecule has 0 bridgehead atoms. The van der Waals surface area contributed by atoms with Crippen molar-refractivity contribution in [3.63, 3.8) is 0 Å². The SMILES string of the molecule is N#Cc1ccc(Cn2nc(-c3ccc(NCCC(=O)O)nc3F)c3ccccc3c2=O)cc1. The largest absolute Gasteiger partial charge is 0.481 e. The standard InChI is InChI=1S/C24H18FN5O3/c25-23-19(9-10-20(28-23)27-12-11-21(31)32)22-17-3-1-2-4-18(17)24(33)30(29-22)14-16-7-5-15(13-26)6-8-16/h1-10H,11-12,14H2,(H,27,28)(H,31,32). The summed E-state index contributed by atoms with van der Waals surface area (Å²) < 4.78 is 16.2. The topological polar surface area (TPSA) is 121 Å². The quantitative estimate of drug-likeness (QED) is 0.420. The molecular weight excluding hydrogens is 425 g/mol. The molecule has 4 rings (SSSR count). The first-order chi connectivity index (χ1) is 16.0. The second-order valence-corrected chi connectivity index (χ2v) is 7.27. The summed E-state index contributed by atoms with van der Waals surface area (Å²) in [7, 11) is 0. The number of nitriles is 1. The van der Waals surface area contributed by atoms with Gasteiger partial charge in [-0.05, 0) is 35.9 Å². The maximum absolute atomic E-state index is 15.0. The predicted molar refractivity (Wildman–Crippen MR) is 120 cm³/mol. The summed E-state index contributed by atoms with van der Waals surface area (Å²) in [4.78, 5) is 27.6. The Morgan fingerprint density at radius 3 is 2.48 bits per heavy atom. The number of fused-ring (bicyclic) bond motifs is 1. The first-order valence-corrected chi connectivity index (χ1v) is 10.1. The minimum absolute atomic E-state index is 0.109. The number of halogens is 1.